The Morgan fingerprint density at radius 1 is 1.62 bits per heavy atom. The van der Waals surface area contributed by atoms with E-state index in [-0.39, 0.29) is 5.95 Å². The molecule has 0 radical (unpaired) electrons. The number of nitrogens with one attached hydrogen (secondary N) is 1. The molecule has 7 nitrogen and oxygen atoms in total. The molecule has 0 saturated heterocycles. The summed E-state index contributed by atoms with van der Waals surface area (Å²) in [6.07, 6.45) is 3.41. The Labute approximate surface area is 72.0 Å². The van der Waals surface area contributed by atoms with Crippen molar-refractivity contribution in [1.82, 2.24) is 19.6 Å². The largest absolute Gasteiger partial charge is 0.465 e. The molecule has 66 valence electrons. The van der Waals surface area contributed by atoms with Crippen LogP contribution in [-0.2, 0) is 0 Å². The van der Waals surface area contributed by atoms with Gasteiger partial charge in [-0.15, -0.1) is 5.10 Å². The van der Waals surface area contributed by atoms with E-state index < -0.39 is 6.09 Å². The van der Waals surface area contributed by atoms with Crippen LogP contribution in [0.5, 0.6) is 0 Å². The molecule has 0 aliphatic rings. The molecular formula is C6H5N5O2. The standard InChI is InChI=1S/C6H5N5O2/c12-6(13)9-5-8-4-3-7-1-2-11(4)10-5/h1-3H,(H,9,10)(H,12,13). The number of hydrogen-bond acceptors (Lipinski definition) is 4. The first-order valence-electron chi connectivity index (χ1n) is 3.42. The highest BCUT2D eigenvalue weighted by molar-refractivity contribution is 5.80. The summed E-state index contributed by atoms with van der Waals surface area (Å²) < 4.78 is 1.43. The number of fused-ring (bicyclic) bond motifs is 1. The number of carboxylic acid groups (broad SMARTS) is 1. The van der Waals surface area contributed by atoms with E-state index in [1.165, 1.54) is 16.9 Å². The van der Waals surface area contributed by atoms with Crippen LogP contribution in [0.15, 0.2) is 18.6 Å². The molecule has 13 heavy (non-hydrogen) atoms. The van der Waals surface area contributed by atoms with Gasteiger partial charge < -0.3 is 5.11 Å². The van der Waals surface area contributed by atoms with E-state index in [9.17, 15) is 4.79 Å². The number of amides is 1. The van der Waals surface area contributed by atoms with Gasteiger partial charge in [0.05, 0.1) is 6.20 Å². The van der Waals surface area contributed by atoms with E-state index in [1.807, 2.05) is 5.32 Å². The summed E-state index contributed by atoms with van der Waals surface area (Å²) in [4.78, 5) is 17.9. The van der Waals surface area contributed by atoms with Gasteiger partial charge in [0.1, 0.15) is 0 Å². The van der Waals surface area contributed by atoms with Crippen molar-refractivity contribution < 1.29 is 9.90 Å². The van der Waals surface area contributed by atoms with Crippen molar-refractivity contribution in [2.75, 3.05) is 5.32 Å². The Kier molecular flexibility index (Phi) is 1.55. The second-order valence-corrected chi connectivity index (χ2v) is 2.24. The molecule has 7 heteroatoms. The van der Waals surface area contributed by atoms with Crippen LogP contribution in [-0.4, -0.2) is 30.8 Å². The Balaban J connectivity index is 2.44. The fourth-order valence-electron chi connectivity index (χ4n) is 0.893. The molecule has 0 spiro atoms. The van der Waals surface area contributed by atoms with Crippen LogP contribution in [0.4, 0.5) is 10.7 Å². The second-order valence-electron chi connectivity index (χ2n) is 2.24. The Hall–Kier alpha value is -2.18. The quantitative estimate of drug-likeness (QED) is 0.652. The predicted molar refractivity (Wildman–Crippen MR) is 42.4 cm³/mol. The SMILES string of the molecule is O=C(O)Nc1nc2cnccn2n1. The monoisotopic (exact) mass is 179 g/mol. The van der Waals surface area contributed by atoms with Gasteiger partial charge >= 0.3 is 6.09 Å². The predicted octanol–water partition coefficient (Wildman–Crippen LogP) is 0.214. The molecule has 0 atom stereocenters. The third-order valence-electron chi connectivity index (χ3n) is 1.36. The summed E-state index contributed by atoms with van der Waals surface area (Å²) in [5.74, 6) is 0.0421. The zero-order chi connectivity index (χ0) is 9.26. The summed E-state index contributed by atoms with van der Waals surface area (Å²) in [5.41, 5.74) is 0.492. The van der Waals surface area contributed by atoms with Crippen molar-refractivity contribution in [3.05, 3.63) is 18.6 Å². The first kappa shape index (κ1) is 7.47. The van der Waals surface area contributed by atoms with Gasteiger partial charge in [0, 0.05) is 12.4 Å². The molecule has 0 fully saturated rings. The molecule has 0 bridgehead atoms. The zero-order valence-electron chi connectivity index (χ0n) is 6.38. The average Bonchev–Trinajstić information content (AvgIpc) is 2.44. The van der Waals surface area contributed by atoms with Gasteiger partial charge in [-0.25, -0.2) is 9.31 Å². The Bertz CT molecular complexity index is 418. The van der Waals surface area contributed by atoms with Crippen LogP contribution in [0.3, 0.4) is 0 Å². The lowest BCUT2D eigenvalue weighted by molar-refractivity contribution is 0.209. The van der Waals surface area contributed by atoms with E-state index in [4.69, 9.17) is 5.11 Å². The maximum absolute atomic E-state index is 10.2. The van der Waals surface area contributed by atoms with E-state index in [2.05, 4.69) is 15.1 Å². The minimum Gasteiger partial charge on any atom is -0.465 e. The van der Waals surface area contributed by atoms with Crippen LogP contribution in [0.25, 0.3) is 5.65 Å². The van der Waals surface area contributed by atoms with Gasteiger partial charge in [0.2, 0.25) is 0 Å². The third-order valence-corrected chi connectivity index (χ3v) is 1.36. The van der Waals surface area contributed by atoms with Gasteiger partial charge in [0.25, 0.3) is 5.95 Å². The van der Waals surface area contributed by atoms with Crippen molar-refractivity contribution in [3.63, 3.8) is 0 Å². The highest BCUT2D eigenvalue weighted by Crippen LogP contribution is 2.01. The van der Waals surface area contributed by atoms with Crippen LogP contribution >= 0.6 is 0 Å². The highest BCUT2D eigenvalue weighted by atomic mass is 16.4. The van der Waals surface area contributed by atoms with Crippen molar-refractivity contribution in [2.45, 2.75) is 0 Å². The maximum atomic E-state index is 10.2. The van der Waals surface area contributed by atoms with Gasteiger partial charge in [0.15, 0.2) is 5.65 Å². The number of rotatable bonds is 1. The van der Waals surface area contributed by atoms with E-state index >= 15 is 0 Å². The van der Waals surface area contributed by atoms with Crippen molar-refractivity contribution >= 4 is 17.7 Å². The van der Waals surface area contributed by atoms with Crippen LogP contribution < -0.4 is 5.32 Å². The molecule has 1 amide bonds. The van der Waals surface area contributed by atoms with Gasteiger partial charge in [-0.3, -0.25) is 10.3 Å². The summed E-state index contributed by atoms with van der Waals surface area (Å²) in [5, 5.41) is 14.2. The molecule has 0 aromatic carbocycles. The number of anilines is 1. The molecule has 0 aliphatic carbocycles. The summed E-state index contributed by atoms with van der Waals surface area (Å²) in [7, 11) is 0. The fraction of sp³-hybridized carbons (Fsp3) is 0. The molecule has 2 aromatic rings. The topological polar surface area (TPSA) is 92.4 Å². The zero-order valence-corrected chi connectivity index (χ0v) is 6.38. The lowest BCUT2D eigenvalue weighted by Crippen LogP contribution is -2.08. The number of nitrogens with zero attached hydrogens (tertiary/aromatic N) is 4. The molecule has 0 aliphatic heterocycles. The molecule has 2 N–H and O–H groups in total. The van der Waals surface area contributed by atoms with Gasteiger partial charge in [-0.05, 0) is 0 Å². The van der Waals surface area contributed by atoms with E-state index in [1.54, 1.807) is 6.20 Å². The lowest BCUT2D eigenvalue weighted by atomic mass is 10.7. The van der Waals surface area contributed by atoms with Crippen molar-refractivity contribution in [2.24, 2.45) is 0 Å². The third kappa shape index (κ3) is 1.39. The van der Waals surface area contributed by atoms with Crippen molar-refractivity contribution in [1.29, 1.82) is 0 Å². The van der Waals surface area contributed by atoms with E-state index in [0.29, 0.717) is 5.65 Å². The lowest BCUT2D eigenvalue weighted by Gasteiger charge is -1.88. The minimum atomic E-state index is -1.19. The van der Waals surface area contributed by atoms with E-state index in [0.717, 1.165) is 0 Å². The molecule has 0 unspecified atom stereocenters. The van der Waals surface area contributed by atoms with Gasteiger partial charge in [-0.1, -0.05) is 0 Å². The summed E-state index contributed by atoms with van der Waals surface area (Å²) >= 11 is 0. The maximum Gasteiger partial charge on any atom is 0.411 e. The fourth-order valence-corrected chi connectivity index (χ4v) is 0.893. The second kappa shape index (κ2) is 2.70. The Morgan fingerprint density at radius 3 is 3.15 bits per heavy atom. The number of carbonyl (C=O) groups is 1. The smallest absolute Gasteiger partial charge is 0.411 e. The molecule has 2 heterocycles. The first-order chi connectivity index (χ1) is 6.25. The average molecular weight is 179 g/mol. The summed E-state index contributed by atoms with van der Waals surface area (Å²) in [6.45, 7) is 0. The summed E-state index contributed by atoms with van der Waals surface area (Å²) in [6, 6.07) is 0. The van der Waals surface area contributed by atoms with Crippen LogP contribution in [0.1, 0.15) is 0 Å². The van der Waals surface area contributed by atoms with Crippen LogP contribution in [0.2, 0.25) is 0 Å². The molecule has 2 aromatic heterocycles. The van der Waals surface area contributed by atoms with Gasteiger partial charge in [-0.2, -0.15) is 4.98 Å². The molecular weight excluding hydrogens is 174 g/mol. The normalized spacial score (nSPS) is 10.2. The van der Waals surface area contributed by atoms with Crippen molar-refractivity contribution in [3.8, 4) is 0 Å². The minimum absolute atomic E-state index is 0.0421. The molecule has 0 saturated carbocycles. The Morgan fingerprint density at radius 2 is 2.46 bits per heavy atom. The highest BCUT2D eigenvalue weighted by Gasteiger charge is 2.04. The number of aromatic nitrogens is 4. The molecule has 2 rings (SSSR count). The first-order valence-corrected chi connectivity index (χ1v) is 3.42. The van der Waals surface area contributed by atoms with Crippen LogP contribution in [0, 0.1) is 0 Å². The number of hydrogen-bond donors (Lipinski definition) is 2.